The van der Waals surface area contributed by atoms with Gasteiger partial charge in [0.25, 0.3) is 5.91 Å². The summed E-state index contributed by atoms with van der Waals surface area (Å²) < 4.78 is 0. The van der Waals surface area contributed by atoms with Gasteiger partial charge in [-0.3, -0.25) is 9.69 Å². The fourth-order valence-electron chi connectivity index (χ4n) is 3.09. The SMILES string of the molecule is CC(C)CNc1nc(C(=O)NC2CCN(Cc3ccccc3)CC2)cs1. The second-order valence-corrected chi connectivity index (χ2v) is 8.18. The number of benzene rings is 1. The molecule has 0 bridgehead atoms. The number of likely N-dealkylation sites (tertiary alicyclic amines) is 1. The minimum atomic E-state index is -0.0552. The standard InChI is InChI=1S/C20H28N4OS/c1-15(2)12-21-20-23-18(14-26-20)19(25)22-17-8-10-24(11-9-17)13-16-6-4-3-5-7-16/h3-7,14-15,17H,8-13H2,1-2H3,(H,21,23)(H,22,25). The molecule has 0 saturated carbocycles. The molecule has 3 rings (SSSR count). The monoisotopic (exact) mass is 372 g/mol. The minimum absolute atomic E-state index is 0.0552. The van der Waals surface area contributed by atoms with Crippen LogP contribution in [0, 0.1) is 5.92 Å². The van der Waals surface area contributed by atoms with Crippen LogP contribution >= 0.6 is 11.3 Å². The summed E-state index contributed by atoms with van der Waals surface area (Å²) in [5, 5.41) is 9.08. The van der Waals surface area contributed by atoms with E-state index in [1.165, 1.54) is 16.9 Å². The zero-order valence-electron chi connectivity index (χ0n) is 15.6. The van der Waals surface area contributed by atoms with E-state index in [-0.39, 0.29) is 11.9 Å². The van der Waals surface area contributed by atoms with Crippen molar-refractivity contribution in [2.24, 2.45) is 5.92 Å². The smallest absolute Gasteiger partial charge is 0.271 e. The van der Waals surface area contributed by atoms with E-state index in [0.29, 0.717) is 11.6 Å². The zero-order valence-corrected chi connectivity index (χ0v) is 16.4. The topological polar surface area (TPSA) is 57.3 Å². The van der Waals surface area contributed by atoms with E-state index in [2.05, 4.69) is 58.6 Å². The average Bonchev–Trinajstić information content (AvgIpc) is 3.12. The maximum absolute atomic E-state index is 12.4. The largest absolute Gasteiger partial charge is 0.361 e. The molecule has 1 aliphatic rings. The third-order valence-electron chi connectivity index (χ3n) is 4.57. The highest BCUT2D eigenvalue weighted by molar-refractivity contribution is 7.13. The summed E-state index contributed by atoms with van der Waals surface area (Å²) in [6.07, 6.45) is 1.97. The highest BCUT2D eigenvalue weighted by Gasteiger charge is 2.22. The van der Waals surface area contributed by atoms with Crippen LogP contribution in [0.5, 0.6) is 0 Å². The molecule has 1 aromatic heterocycles. The van der Waals surface area contributed by atoms with Crippen LogP contribution in [0.1, 0.15) is 42.7 Å². The molecule has 1 aromatic carbocycles. The Morgan fingerprint density at radius 3 is 2.69 bits per heavy atom. The molecule has 1 aliphatic heterocycles. The van der Waals surface area contributed by atoms with Crippen molar-refractivity contribution >= 4 is 22.4 Å². The number of hydrogen-bond donors (Lipinski definition) is 2. The lowest BCUT2D eigenvalue weighted by atomic mass is 10.0. The summed E-state index contributed by atoms with van der Waals surface area (Å²) in [6, 6.07) is 10.8. The van der Waals surface area contributed by atoms with Crippen molar-refractivity contribution in [3.8, 4) is 0 Å². The van der Waals surface area contributed by atoms with E-state index in [0.717, 1.165) is 44.2 Å². The van der Waals surface area contributed by atoms with Crippen LogP contribution in [0.2, 0.25) is 0 Å². The first-order chi connectivity index (χ1) is 12.6. The lowest BCUT2D eigenvalue weighted by Crippen LogP contribution is -2.44. The Labute approximate surface area is 159 Å². The van der Waals surface area contributed by atoms with E-state index >= 15 is 0 Å². The Balaban J connectivity index is 1.43. The summed E-state index contributed by atoms with van der Waals surface area (Å²) >= 11 is 1.49. The van der Waals surface area contributed by atoms with Crippen LogP contribution in [-0.4, -0.2) is 41.5 Å². The van der Waals surface area contributed by atoms with E-state index in [1.807, 2.05) is 11.4 Å². The van der Waals surface area contributed by atoms with Crippen molar-refractivity contribution in [3.63, 3.8) is 0 Å². The van der Waals surface area contributed by atoms with Gasteiger partial charge in [0.2, 0.25) is 0 Å². The zero-order chi connectivity index (χ0) is 18.4. The third-order valence-corrected chi connectivity index (χ3v) is 5.37. The van der Waals surface area contributed by atoms with Crippen molar-refractivity contribution < 1.29 is 4.79 Å². The number of nitrogens with zero attached hydrogens (tertiary/aromatic N) is 2. The molecular formula is C20H28N4OS. The second-order valence-electron chi connectivity index (χ2n) is 7.32. The molecule has 1 fully saturated rings. The molecule has 2 heterocycles. The van der Waals surface area contributed by atoms with Gasteiger partial charge < -0.3 is 10.6 Å². The summed E-state index contributed by atoms with van der Waals surface area (Å²) in [7, 11) is 0. The molecule has 0 radical (unpaired) electrons. The number of thiazole rings is 1. The number of carbonyl (C=O) groups excluding carboxylic acids is 1. The van der Waals surface area contributed by atoms with Crippen LogP contribution in [0.3, 0.4) is 0 Å². The van der Waals surface area contributed by atoms with Gasteiger partial charge in [0.05, 0.1) is 0 Å². The molecule has 5 nitrogen and oxygen atoms in total. The number of nitrogens with one attached hydrogen (secondary N) is 2. The Morgan fingerprint density at radius 1 is 1.27 bits per heavy atom. The van der Waals surface area contributed by atoms with Crippen molar-refractivity contribution in [1.29, 1.82) is 0 Å². The molecular weight excluding hydrogens is 344 g/mol. The normalized spacial score (nSPS) is 16.0. The second kappa shape index (κ2) is 9.14. The summed E-state index contributed by atoms with van der Waals surface area (Å²) in [6.45, 7) is 8.18. The Bertz CT molecular complexity index is 693. The van der Waals surface area contributed by atoms with Crippen molar-refractivity contribution in [3.05, 3.63) is 47.0 Å². The van der Waals surface area contributed by atoms with Gasteiger partial charge in [-0.25, -0.2) is 4.98 Å². The summed E-state index contributed by atoms with van der Waals surface area (Å²) in [5.74, 6) is 0.498. The molecule has 26 heavy (non-hydrogen) atoms. The van der Waals surface area contributed by atoms with Gasteiger partial charge in [0.15, 0.2) is 5.13 Å². The van der Waals surface area contributed by atoms with Crippen LogP contribution in [0.25, 0.3) is 0 Å². The lowest BCUT2D eigenvalue weighted by Gasteiger charge is -2.32. The molecule has 6 heteroatoms. The molecule has 2 aromatic rings. The number of rotatable bonds is 7. The van der Waals surface area contributed by atoms with Gasteiger partial charge in [0, 0.05) is 37.6 Å². The van der Waals surface area contributed by atoms with Crippen LogP contribution in [-0.2, 0) is 6.54 Å². The van der Waals surface area contributed by atoms with Gasteiger partial charge in [-0.2, -0.15) is 0 Å². The fraction of sp³-hybridized carbons (Fsp3) is 0.500. The van der Waals surface area contributed by atoms with E-state index in [1.54, 1.807) is 0 Å². The number of amides is 1. The van der Waals surface area contributed by atoms with Gasteiger partial charge in [-0.1, -0.05) is 44.2 Å². The predicted octanol–water partition coefficient (Wildman–Crippen LogP) is 3.61. The Hall–Kier alpha value is -1.92. The van der Waals surface area contributed by atoms with Crippen molar-refractivity contribution in [2.45, 2.75) is 39.3 Å². The highest BCUT2D eigenvalue weighted by atomic mass is 32.1. The maximum Gasteiger partial charge on any atom is 0.271 e. The Kier molecular flexibility index (Phi) is 6.63. The van der Waals surface area contributed by atoms with Crippen LogP contribution in [0.15, 0.2) is 35.7 Å². The summed E-state index contributed by atoms with van der Waals surface area (Å²) in [4.78, 5) is 19.3. The molecule has 0 unspecified atom stereocenters. The molecule has 1 amide bonds. The first kappa shape index (κ1) is 18.9. The molecule has 0 atom stereocenters. The van der Waals surface area contributed by atoms with E-state index in [9.17, 15) is 4.79 Å². The number of aromatic nitrogens is 1. The van der Waals surface area contributed by atoms with Crippen molar-refractivity contribution in [1.82, 2.24) is 15.2 Å². The molecule has 140 valence electrons. The Morgan fingerprint density at radius 2 is 2.00 bits per heavy atom. The van der Waals surface area contributed by atoms with Crippen LogP contribution in [0.4, 0.5) is 5.13 Å². The molecule has 0 spiro atoms. The molecule has 0 aliphatic carbocycles. The third kappa shape index (κ3) is 5.54. The molecule has 1 saturated heterocycles. The lowest BCUT2D eigenvalue weighted by molar-refractivity contribution is 0.0904. The van der Waals surface area contributed by atoms with Gasteiger partial charge in [-0.15, -0.1) is 11.3 Å². The number of piperidine rings is 1. The first-order valence-electron chi connectivity index (χ1n) is 9.36. The quantitative estimate of drug-likeness (QED) is 0.780. The first-order valence-corrected chi connectivity index (χ1v) is 10.2. The number of carbonyl (C=O) groups is 1. The van der Waals surface area contributed by atoms with E-state index < -0.39 is 0 Å². The van der Waals surface area contributed by atoms with Crippen molar-refractivity contribution in [2.75, 3.05) is 25.0 Å². The van der Waals surface area contributed by atoms with E-state index in [4.69, 9.17) is 0 Å². The molecule has 2 N–H and O–H groups in total. The predicted molar refractivity (Wildman–Crippen MR) is 108 cm³/mol. The number of hydrogen-bond acceptors (Lipinski definition) is 5. The summed E-state index contributed by atoms with van der Waals surface area (Å²) in [5.41, 5.74) is 1.87. The number of anilines is 1. The van der Waals surface area contributed by atoms with Crippen LogP contribution < -0.4 is 10.6 Å². The fourth-order valence-corrected chi connectivity index (χ4v) is 3.79. The maximum atomic E-state index is 12.4. The minimum Gasteiger partial charge on any atom is -0.361 e. The van der Waals surface area contributed by atoms with Gasteiger partial charge in [-0.05, 0) is 24.3 Å². The average molecular weight is 373 g/mol. The highest BCUT2D eigenvalue weighted by Crippen LogP contribution is 2.18. The van der Waals surface area contributed by atoms with Gasteiger partial charge in [0.1, 0.15) is 5.69 Å². The van der Waals surface area contributed by atoms with Gasteiger partial charge >= 0.3 is 0 Å².